The van der Waals surface area contributed by atoms with Crippen LogP contribution in [0, 0.1) is 0 Å². The first-order valence-electron chi connectivity index (χ1n) is 8.16. The van der Waals surface area contributed by atoms with Crippen LogP contribution in [0.1, 0.15) is 29.1 Å². The molecule has 2 N–H and O–H groups in total. The van der Waals surface area contributed by atoms with Gasteiger partial charge in [0.1, 0.15) is 0 Å². The molecule has 3 rings (SSSR count). The van der Waals surface area contributed by atoms with Crippen LogP contribution in [0.25, 0.3) is 0 Å². The average molecular weight is 309 g/mol. The lowest BCUT2D eigenvalue weighted by atomic mass is 10.2. The Morgan fingerprint density at radius 2 is 2.14 bits per heavy atom. The second-order valence-electron chi connectivity index (χ2n) is 5.99. The summed E-state index contributed by atoms with van der Waals surface area (Å²) < 4.78 is 5.47. The fourth-order valence-corrected chi connectivity index (χ4v) is 4.60. The SMILES string of the molecule is CCc1ccc(C(CN)N2CCC(N3CCOCC3)C2)s1. The van der Waals surface area contributed by atoms with Gasteiger partial charge in [-0.15, -0.1) is 11.3 Å². The van der Waals surface area contributed by atoms with Crippen LogP contribution in [-0.4, -0.2) is 61.8 Å². The van der Waals surface area contributed by atoms with E-state index in [0.29, 0.717) is 12.1 Å². The second-order valence-corrected chi connectivity index (χ2v) is 7.19. The van der Waals surface area contributed by atoms with Crippen LogP contribution in [0.5, 0.6) is 0 Å². The predicted molar refractivity (Wildman–Crippen MR) is 87.9 cm³/mol. The first kappa shape index (κ1) is 15.4. The van der Waals surface area contributed by atoms with Gasteiger partial charge in [0.15, 0.2) is 0 Å². The lowest BCUT2D eigenvalue weighted by Crippen LogP contribution is -2.45. The lowest BCUT2D eigenvalue weighted by Gasteiger charge is -2.33. The number of ether oxygens (including phenoxy) is 1. The zero-order valence-electron chi connectivity index (χ0n) is 13.0. The van der Waals surface area contributed by atoms with E-state index in [2.05, 4.69) is 28.9 Å². The minimum Gasteiger partial charge on any atom is -0.379 e. The molecule has 0 bridgehead atoms. The largest absolute Gasteiger partial charge is 0.379 e. The molecule has 4 nitrogen and oxygen atoms in total. The zero-order chi connectivity index (χ0) is 14.7. The van der Waals surface area contributed by atoms with Crippen LogP contribution < -0.4 is 5.73 Å². The van der Waals surface area contributed by atoms with Crippen molar-refractivity contribution in [2.75, 3.05) is 45.9 Å². The third-order valence-corrected chi connectivity index (χ3v) is 6.11. The molecule has 0 aliphatic carbocycles. The number of hydrogen-bond donors (Lipinski definition) is 1. The highest BCUT2D eigenvalue weighted by molar-refractivity contribution is 7.12. The van der Waals surface area contributed by atoms with Crippen molar-refractivity contribution in [3.05, 3.63) is 21.9 Å². The summed E-state index contributed by atoms with van der Waals surface area (Å²) in [4.78, 5) is 8.10. The minimum absolute atomic E-state index is 0.404. The van der Waals surface area contributed by atoms with Gasteiger partial charge in [0.05, 0.1) is 19.3 Å². The van der Waals surface area contributed by atoms with Crippen LogP contribution in [0.4, 0.5) is 0 Å². The molecule has 0 saturated carbocycles. The molecule has 3 heterocycles. The van der Waals surface area contributed by atoms with Crippen molar-refractivity contribution in [2.45, 2.75) is 31.8 Å². The Morgan fingerprint density at radius 3 is 2.81 bits per heavy atom. The predicted octanol–water partition coefficient (Wildman–Crippen LogP) is 1.72. The van der Waals surface area contributed by atoms with Crippen molar-refractivity contribution in [2.24, 2.45) is 5.73 Å². The van der Waals surface area contributed by atoms with Crippen molar-refractivity contribution >= 4 is 11.3 Å². The summed E-state index contributed by atoms with van der Waals surface area (Å²) in [6, 6.07) is 5.64. The number of nitrogens with zero attached hydrogens (tertiary/aromatic N) is 2. The topological polar surface area (TPSA) is 41.7 Å². The Kier molecular flexibility index (Phi) is 5.29. The fourth-order valence-electron chi connectivity index (χ4n) is 3.50. The Bertz CT molecular complexity index is 444. The quantitative estimate of drug-likeness (QED) is 0.899. The molecule has 0 radical (unpaired) electrons. The number of likely N-dealkylation sites (tertiary alicyclic amines) is 1. The molecule has 1 aromatic rings. The Morgan fingerprint density at radius 1 is 1.33 bits per heavy atom. The van der Waals surface area contributed by atoms with Gasteiger partial charge in [-0.05, 0) is 25.0 Å². The van der Waals surface area contributed by atoms with E-state index >= 15 is 0 Å². The molecule has 2 saturated heterocycles. The van der Waals surface area contributed by atoms with E-state index in [-0.39, 0.29) is 0 Å². The number of aryl methyl sites for hydroxylation is 1. The third-order valence-electron chi connectivity index (χ3n) is 4.78. The zero-order valence-corrected chi connectivity index (χ0v) is 13.8. The standard InChI is InChI=1S/C16H27N3OS/c1-2-14-3-4-16(21-14)15(11-17)19-6-5-13(12-19)18-7-9-20-10-8-18/h3-4,13,15H,2,5-12,17H2,1H3. The lowest BCUT2D eigenvalue weighted by molar-refractivity contribution is 0.0177. The Balaban J connectivity index is 1.62. The molecule has 2 atom stereocenters. The minimum atomic E-state index is 0.404. The summed E-state index contributed by atoms with van der Waals surface area (Å²) in [6.45, 7) is 9.22. The van der Waals surface area contributed by atoms with Crippen molar-refractivity contribution in [3.8, 4) is 0 Å². The summed E-state index contributed by atoms with van der Waals surface area (Å²) in [5.74, 6) is 0. The maximum absolute atomic E-state index is 6.09. The molecule has 5 heteroatoms. The van der Waals surface area contributed by atoms with Gasteiger partial charge in [-0.2, -0.15) is 0 Å². The van der Waals surface area contributed by atoms with E-state index in [9.17, 15) is 0 Å². The van der Waals surface area contributed by atoms with Gasteiger partial charge < -0.3 is 10.5 Å². The molecule has 2 aliphatic rings. The first-order chi connectivity index (χ1) is 10.3. The number of hydrogen-bond acceptors (Lipinski definition) is 5. The van der Waals surface area contributed by atoms with E-state index in [0.717, 1.165) is 45.8 Å². The molecule has 0 spiro atoms. The van der Waals surface area contributed by atoms with Crippen LogP contribution in [-0.2, 0) is 11.2 Å². The van der Waals surface area contributed by atoms with E-state index in [1.807, 2.05) is 11.3 Å². The van der Waals surface area contributed by atoms with Gasteiger partial charge in [-0.25, -0.2) is 0 Å². The van der Waals surface area contributed by atoms with Crippen LogP contribution in [0.15, 0.2) is 12.1 Å². The van der Waals surface area contributed by atoms with Gasteiger partial charge >= 0.3 is 0 Å². The second kappa shape index (κ2) is 7.20. The monoisotopic (exact) mass is 309 g/mol. The van der Waals surface area contributed by atoms with Crippen LogP contribution in [0.3, 0.4) is 0 Å². The number of morpholine rings is 1. The highest BCUT2D eigenvalue weighted by Crippen LogP contribution is 2.31. The molecular weight excluding hydrogens is 282 g/mol. The molecule has 21 heavy (non-hydrogen) atoms. The number of thiophene rings is 1. The smallest absolute Gasteiger partial charge is 0.0594 e. The van der Waals surface area contributed by atoms with Gasteiger partial charge in [-0.1, -0.05) is 6.92 Å². The van der Waals surface area contributed by atoms with Crippen LogP contribution in [0.2, 0.25) is 0 Å². The highest BCUT2D eigenvalue weighted by atomic mass is 32.1. The van der Waals surface area contributed by atoms with Crippen molar-refractivity contribution in [3.63, 3.8) is 0 Å². The van der Waals surface area contributed by atoms with Crippen molar-refractivity contribution in [1.82, 2.24) is 9.80 Å². The summed E-state index contributed by atoms with van der Waals surface area (Å²) in [6.07, 6.45) is 2.39. The fraction of sp³-hybridized carbons (Fsp3) is 0.750. The number of rotatable bonds is 5. The normalized spacial score (nSPS) is 26.3. The Labute approximate surface area is 131 Å². The molecule has 1 aromatic heterocycles. The molecule has 2 aliphatic heterocycles. The summed E-state index contributed by atoms with van der Waals surface area (Å²) in [5, 5.41) is 0. The van der Waals surface area contributed by atoms with E-state index in [4.69, 9.17) is 10.5 Å². The third kappa shape index (κ3) is 3.48. The molecule has 0 aromatic carbocycles. The summed E-state index contributed by atoms with van der Waals surface area (Å²) in [5.41, 5.74) is 6.09. The van der Waals surface area contributed by atoms with Gasteiger partial charge in [0.2, 0.25) is 0 Å². The first-order valence-corrected chi connectivity index (χ1v) is 8.98. The van der Waals surface area contributed by atoms with Crippen molar-refractivity contribution in [1.29, 1.82) is 0 Å². The van der Waals surface area contributed by atoms with Gasteiger partial charge in [0, 0.05) is 48.5 Å². The number of nitrogens with two attached hydrogens (primary N) is 1. The molecule has 2 fully saturated rings. The van der Waals surface area contributed by atoms with Gasteiger partial charge in [0.25, 0.3) is 0 Å². The molecule has 0 amide bonds. The molecule has 118 valence electrons. The van der Waals surface area contributed by atoms with Crippen LogP contribution >= 0.6 is 11.3 Å². The van der Waals surface area contributed by atoms with Gasteiger partial charge in [-0.3, -0.25) is 9.80 Å². The molecular formula is C16H27N3OS. The van der Waals surface area contributed by atoms with E-state index < -0.39 is 0 Å². The Hall–Kier alpha value is -0.460. The summed E-state index contributed by atoms with van der Waals surface area (Å²) >= 11 is 1.93. The maximum Gasteiger partial charge on any atom is 0.0594 e. The molecule has 2 unspecified atom stereocenters. The summed E-state index contributed by atoms with van der Waals surface area (Å²) in [7, 11) is 0. The average Bonchev–Trinajstić information content (AvgIpc) is 3.19. The van der Waals surface area contributed by atoms with E-state index in [1.165, 1.54) is 22.7 Å². The van der Waals surface area contributed by atoms with Crippen molar-refractivity contribution < 1.29 is 4.74 Å². The highest BCUT2D eigenvalue weighted by Gasteiger charge is 2.32. The van der Waals surface area contributed by atoms with E-state index in [1.54, 1.807) is 0 Å². The maximum atomic E-state index is 6.09.